The monoisotopic (exact) mass is 696 g/mol. The zero-order valence-corrected chi connectivity index (χ0v) is 30.1. The molecule has 0 saturated heterocycles. The van der Waals surface area contributed by atoms with E-state index in [1.165, 1.54) is 6.92 Å². The molecule has 266 valence electrons. The van der Waals surface area contributed by atoms with Gasteiger partial charge < -0.3 is 35.5 Å². The summed E-state index contributed by atoms with van der Waals surface area (Å²) in [7, 11) is -3.55. The summed E-state index contributed by atoms with van der Waals surface area (Å²) in [6.07, 6.45) is -0.0482. The van der Waals surface area contributed by atoms with E-state index in [4.69, 9.17) is 19.5 Å². The summed E-state index contributed by atoms with van der Waals surface area (Å²) < 4.78 is 29.5. The molecule has 0 bridgehead atoms. The van der Waals surface area contributed by atoms with Crippen molar-refractivity contribution >= 4 is 47.5 Å². The normalized spacial score (nSPS) is 13.6. The highest BCUT2D eigenvalue weighted by atomic mass is 31.2. The van der Waals surface area contributed by atoms with E-state index in [2.05, 4.69) is 22.0 Å². The van der Waals surface area contributed by atoms with Crippen LogP contribution < -0.4 is 27.0 Å². The second-order valence-electron chi connectivity index (χ2n) is 12.9. The van der Waals surface area contributed by atoms with E-state index in [1.54, 1.807) is 58.9 Å². The number of benzene rings is 3. The molecule has 13 heteroatoms. The van der Waals surface area contributed by atoms with E-state index >= 15 is 0 Å². The van der Waals surface area contributed by atoms with E-state index < -0.39 is 55.0 Å². The van der Waals surface area contributed by atoms with Gasteiger partial charge in [0, 0.05) is 13.0 Å². The molecule has 12 nitrogen and oxygen atoms in total. The smallest absolute Gasteiger partial charge is 0.408 e. The summed E-state index contributed by atoms with van der Waals surface area (Å²) in [6.45, 7) is 10.6. The topological polar surface area (TPSA) is 175 Å². The predicted molar refractivity (Wildman–Crippen MR) is 189 cm³/mol. The molecule has 3 aromatic carbocycles. The number of ether oxygens (including phenoxy) is 1. The fourth-order valence-electron chi connectivity index (χ4n) is 5.29. The number of fused-ring (bicyclic) bond motifs is 1. The number of amides is 4. The number of nitrogens with two attached hydrogens (primary N) is 1. The van der Waals surface area contributed by atoms with Crippen LogP contribution in [0, 0.1) is 0 Å². The second-order valence-corrected chi connectivity index (χ2v) is 14.9. The van der Waals surface area contributed by atoms with Crippen LogP contribution in [0.3, 0.4) is 0 Å². The number of primary amides is 1. The third kappa shape index (κ3) is 11.7. The first-order chi connectivity index (χ1) is 23.1. The van der Waals surface area contributed by atoms with Crippen molar-refractivity contribution < 1.29 is 37.5 Å². The Morgan fingerprint density at radius 1 is 0.878 bits per heavy atom. The summed E-state index contributed by atoms with van der Waals surface area (Å²) in [6, 6.07) is 19.3. The van der Waals surface area contributed by atoms with Gasteiger partial charge in [0.25, 0.3) is 0 Å². The number of hydrogen-bond acceptors (Lipinski definition) is 8. The number of aryl methyl sites for hydroxylation is 1. The first-order valence-electron chi connectivity index (χ1n) is 16.4. The first-order valence-corrected chi connectivity index (χ1v) is 18.0. The van der Waals surface area contributed by atoms with Gasteiger partial charge in [0.2, 0.25) is 17.7 Å². The van der Waals surface area contributed by atoms with Crippen molar-refractivity contribution in [1.82, 2.24) is 16.0 Å². The quantitative estimate of drug-likeness (QED) is 0.116. The average molecular weight is 697 g/mol. The molecule has 3 rings (SSSR count). The van der Waals surface area contributed by atoms with E-state index in [-0.39, 0.29) is 19.6 Å². The predicted octanol–water partition coefficient (Wildman–Crippen LogP) is 4.67. The first kappa shape index (κ1) is 39.2. The summed E-state index contributed by atoms with van der Waals surface area (Å²) in [4.78, 5) is 52.1. The Labute approximate surface area is 288 Å². The standard InChI is InChI=1S/C36H49N4O8P/c1-7-46-49(45,47-8-2)28-20-18-25(19-21-28)24-36(6,40-34(44)48-35(3,4)5)33(43)39-30(23-31(37)41)32(42)38-22-12-16-27-15-11-14-26-13-9-10-17-29(26)27/h9-11,13-15,17-21,30H,7-8,12,16,22-24H2,1-6H3,(H2,37,41)(H,38,42)(H,39,43)(H,40,44)/t30-,36-/m0/s1. The highest BCUT2D eigenvalue weighted by Gasteiger charge is 2.39. The summed E-state index contributed by atoms with van der Waals surface area (Å²) in [5.41, 5.74) is 4.68. The molecule has 0 fully saturated rings. The fraction of sp³-hybridized carbons (Fsp3) is 0.444. The number of carbonyl (C=O) groups excluding carboxylic acids is 4. The van der Waals surface area contributed by atoms with Crippen molar-refractivity contribution in [3.63, 3.8) is 0 Å². The molecule has 0 heterocycles. The maximum atomic E-state index is 13.9. The van der Waals surface area contributed by atoms with Gasteiger partial charge in [-0.25, -0.2) is 4.79 Å². The van der Waals surface area contributed by atoms with Gasteiger partial charge in [-0.2, -0.15) is 0 Å². The van der Waals surface area contributed by atoms with Crippen LogP contribution in [0.1, 0.15) is 65.5 Å². The third-order valence-electron chi connectivity index (χ3n) is 7.52. The van der Waals surface area contributed by atoms with Crippen LogP contribution in [0.15, 0.2) is 66.7 Å². The lowest BCUT2D eigenvalue weighted by Crippen LogP contribution is -2.62. The zero-order chi connectivity index (χ0) is 36.2. The Balaban J connectivity index is 1.77. The summed E-state index contributed by atoms with van der Waals surface area (Å²) in [5, 5.41) is 10.7. The lowest BCUT2D eigenvalue weighted by atomic mass is 9.91. The molecule has 5 N–H and O–H groups in total. The molecule has 0 aliphatic heterocycles. The lowest BCUT2D eigenvalue weighted by Gasteiger charge is -2.32. The summed E-state index contributed by atoms with van der Waals surface area (Å²) in [5.74, 6) is -2.12. The van der Waals surface area contributed by atoms with Gasteiger partial charge in [0.15, 0.2) is 0 Å². The van der Waals surface area contributed by atoms with Crippen LogP contribution in [0.2, 0.25) is 0 Å². The molecule has 49 heavy (non-hydrogen) atoms. The van der Waals surface area contributed by atoms with Crippen LogP contribution in [-0.4, -0.2) is 60.8 Å². The zero-order valence-electron chi connectivity index (χ0n) is 29.2. The Bertz CT molecular complexity index is 1640. The molecular formula is C36H49N4O8P. The maximum Gasteiger partial charge on any atom is 0.408 e. The van der Waals surface area contributed by atoms with Crippen molar-refractivity contribution in [3.05, 3.63) is 77.9 Å². The van der Waals surface area contributed by atoms with Gasteiger partial charge >= 0.3 is 13.7 Å². The number of carbonyl (C=O) groups is 4. The van der Waals surface area contributed by atoms with Gasteiger partial charge in [-0.1, -0.05) is 54.6 Å². The number of rotatable bonds is 17. The molecule has 0 aliphatic carbocycles. The Morgan fingerprint density at radius 2 is 1.51 bits per heavy atom. The molecule has 4 amide bonds. The second kappa shape index (κ2) is 17.4. The molecule has 3 aromatic rings. The van der Waals surface area contributed by atoms with E-state index in [1.807, 2.05) is 36.4 Å². The molecule has 0 unspecified atom stereocenters. The van der Waals surface area contributed by atoms with E-state index in [0.717, 1.165) is 16.3 Å². The molecule has 0 aliphatic rings. The highest BCUT2D eigenvalue weighted by Crippen LogP contribution is 2.46. The van der Waals surface area contributed by atoms with Crippen LogP contribution in [-0.2, 0) is 45.6 Å². The fourth-order valence-corrected chi connectivity index (χ4v) is 6.86. The summed E-state index contributed by atoms with van der Waals surface area (Å²) >= 11 is 0. The highest BCUT2D eigenvalue weighted by molar-refractivity contribution is 7.62. The Morgan fingerprint density at radius 3 is 2.12 bits per heavy atom. The van der Waals surface area contributed by atoms with Crippen LogP contribution >= 0.6 is 7.60 Å². The molecule has 2 atom stereocenters. The minimum atomic E-state index is -3.55. The maximum absolute atomic E-state index is 13.9. The van der Waals surface area contributed by atoms with Gasteiger partial charge in [-0.05, 0) is 88.4 Å². The SMILES string of the molecule is CCOP(=O)(OCC)c1ccc(C[C@](C)(NC(=O)OC(C)(C)C)C(=O)N[C@@H](CC(N)=O)C(=O)NCCCc2cccc3ccccc23)cc1. The third-order valence-corrected chi connectivity index (χ3v) is 9.64. The average Bonchev–Trinajstić information content (AvgIpc) is 3.02. The van der Waals surface area contributed by atoms with Crippen molar-refractivity contribution in [3.8, 4) is 0 Å². The molecule has 0 aromatic heterocycles. The van der Waals surface area contributed by atoms with Crippen molar-refractivity contribution in [2.75, 3.05) is 19.8 Å². The Hall–Kier alpha value is -4.25. The van der Waals surface area contributed by atoms with Crippen LogP contribution in [0.4, 0.5) is 4.79 Å². The largest absolute Gasteiger partial charge is 0.444 e. The van der Waals surface area contributed by atoms with Crippen molar-refractivity contribution in [2.24, 2.45) is 5.73 Å². The minimum Gasteiger partial charge on any atom is -0.444 e. The molecule has 0 saturated carbocycles. The van der Waals surface area contributed by atoms with Gasteiger partial charge in [0.05, 0.1) is 24.9 Å². The van der Waals surface area contributed by atoms with Crippen LogP contribution in [0.5, 0.6) is 0 Å². The van der Waals surface area contributed by atoms with E-state index in [0.29, 0.717) is 30.3 Å². The van der Waals surface area contributed by atoms with Crippen LogP contribution in [0.25, 0.3) is 10.8 Å². The molecule has 0 spiro atoms. The lowest BCUT2D eigenvalue weighted by molar-refractivity contribution is -0.133. The molecule has 0 radical (unpaired) electrons. The van der Waals surface area contributed by atoms with Gasteiger partial charge in [0.1, 0.15) is 17.2 Å². The van der Waals surface area contributed by atoms with Gasteiger partial charge in [-0.3, -0.25) is 18.9 Å². The van der Waals surface area contributed by atoms with E-state index in [9.17, 15) is 23.7 Å². The number of nitrogens with one attached hydrogen (secondary N) is 3. The Kier molecular flexibility index (Phi) is 13.9. The minimum absolute atomic E-state index is 0.0537. The number of hydrogen-bond donors (Lipinski definition) is 4. The molecular weight excluding hydrogens is 647 g/mol. The van der Waals surface area contributed by atoms with Crippen molar-refractivity contribution in [2.45, 2.75) is 84.4 Å². The number of alkyl carbamates (subject to hydrolysis) is 1. The van der Waals surface area contributed by atoms with Crippen molar-refractivity contribution in [1.29, 1.82) is 0 Å². The van der Waals surface area contributed by atoms with Gasteiger partial charge in [-0.15, -0.1) is 0 Å².